The van der Waals surface area contributed by atoms with Gasteiger partial charge in [0.2, 0.25) is 11.9 Å². The SMILES string of the molecule is Cc1nc(F)ccc1[C@H](Nc1cc(Cl)c2ncc(C#N)c(NCC(C)(C)C)c2c1)c1nnn(C)c1F. The highest BCUT2D eigenvalue weighted by Gasteiger charge is 2.26. The number of hydrogen-bond donors (Lipinski definition) is 2. The largest absolute Gasteiger partial charge is 0.383 e. The van der Waals surface area contributed by atoms with Crippen molar-refractivity contribution in [1.82, 2.24) is 25.0 Å². The van der Waals surface area contributed by atoms with E-state index >= 15 is 0 Å². The van der Waals surface area contributed by atoms with Gasteiger partial charge >= 0.3 is 0 Å². The fourth-order valence-electron chi connectivity index (χ4n) is 3.82. The third-order valence-electron chi connectivity index (χ3n) is 5.61. The van der Waals surface area contributed by atoms with Crippen molar-refractivity contribution >= 4 is 33.9 Å². The van der Waals surface area contributed by atoms with Gasteiger partial charge in [-0.15, -0.1) is 5.10 Å². The van der Waals surface area contributed by atoms with E-state index < -0.39 is 17.9 Å². The lowest BCUT2D eigenvalue weighted by atomic mass is 9.96. The number of hydrogen-bond acceptors (Lipinski definition) is 7. The molecule has 0 saturated heterocycles. The monoisotopic (exact) mass is 510 g/mol. The minimum atomic E-state index is -0.849. The van der Waals surface area contributed by atoms with Gasteiger partial charge in [-0.3, -0.25) is 4.98 Å². The Labute approximate surface area is 212 Å². The lowest BCUT2D eigenvalue weighted by Crippen LogP contribution is -2.20. The first-order valence-electron chi connectivity index (χ1n) is 11.2. The van der Waals surface area contributed by atoms with Crippen LogP contribution in [-0.4, -0.2) is 31.5 Å². The predicted octanol–water partition coefficient (Wildman–Crippen LogP) is 5.53. The van der Waals surface area contributed by atoms with Crippen LogP contribution >= 0.6 is 11.6 Å². The molecule has 0 amide bonds. The number of aryl methyl sites for hydroxylation is 2. The lowest BCUT2D eigenvalue weighted by molar-refractivity contribution is 0.443. The second-order valence-corrected chi connectivity index (χ2v) is 10.1. The molecule has 2 N–H and O–H groups in total. The van der Waals surface area contributed by atoms with Gasteiger partial charge in [-0.1, -0.05) is 43.7 Å². The maximum Gasteiger partial charge on any atom is 0.237 e. The summed E-state index contributed by atoms with van der Waals surface area (Å²) in [6, 6.07) is 7.50. The van der Waals surface area contributed by atoms with Crippen molar-refractivity contribution in [3.8, 4) is 6.07 Å². The molecule has 0 saturated carbocycles. The number of aromatic nitrogens is 5. The number of fused-ring (bicyclic) bond motifs is 1. The van der Waals surface area contributed by atoms with Crippen LogP contribution in [0.15, 0.2) is 30.5 Å². The Morgan fingerprint density at radius 3 is 2.58 bits per heavy atom. The van der Waals surface area contributed by atoms with Gasteiger partial charge in [0.1, 0.15) is 17.8 Å². The topological polar surface area (TPSA) is 104 Å². The third kappa shape index (κ3) is 5.06. The van der Waals surface area contributed by atoms with Crippen LogP contribution in [0.3, 0.4) is 0 Å². The summed E-state index contributed by atoms with van der Waals surface area (Å²) in [5.74, 6) is -1.29. The van der Waals surface area contributed by atoms with E-state index in [9.17, 15) is 14.0 Å². The quantitative estimate of drug-likeness (QED) is 0.329. The summed E-state index contributed by atoms with van der Waals surface area (Å²) in [4.78, 5) is 8.26. The Balaban J connectivity index is 1.86. The molecule has 1 atom stereocenters. The first kappa shape index (κ1) is 25.3. The zero-order valence-electron chi connectivity index (χ0n) is 20.5. The standard InChI is InChI=1S/C25H25ClF2N8/c1-13-16(6-7-19(27)32-13)22(23-24(28)36(5)35-34-23)33-15-8-17-20(31-12-25(2,3)4)14(10-29)11-30-21(17)18(26)9-15/h6-9,11,22,33H,12H2,1-5H3,(H,30,31)/t22-/m0/s1. The van der Waals surface area contributed by atoms with E-state index in [4.69, 9.17) is 11.6 Å². The molecular formula is C25H25ClF2N8. The maximum atomic E-state index is 14.9. The number of pyridine rings is 2. The molecule has 4 rings (SSSR count). The number of nitriles is 1. The Hall–Kier alpha value is -3.84. The van der Waals surface area contributed by atoms with Gasteiger partial charge in [0.05, 0.1) is 21.8 Å². The number of anilines is 2. The Morgan fingerprint density at radius 1 is 1.22 bits per heavy atom. The summed E-state index contributed by atoms with van der Waals surface area (Å²) < 4.78 is 29.7. The average Bonchev–Trinajstić information content (AvgIpc) is 3.13. The van der Waals surface area contributed by atoms with Gasteiger partial charge in [-0.05, 0) is 30.5 Å². The smallest absolute Gasteiger partial charge is 0.237 e. The van der Waals surface area contributed by atoms with Crippen molar-refractivity contribution < 1.29 is 8.78 Å². The predicted molar refractivity (Wildman–Crippen MR) is 135 cm³/mol. The van der Waals surface area contributed by atoms with E-state index in [-0.39, 0.29) is 11.1 Å². The molecule has 4 aromatic rings. The highest BCUT2D eigenvalue weighted by Crippen LogP contribution is 2.36. The van der Waals surface area contributed by atoms with Crippen molar-refractivity contribution in [1.29, 1.82) is 5.26 Å². The number of halogens is 3. The van der Waals surface area contributed by atoms with Crippen molar-refractivity contribution in [2.24, 2.45) is 12.5 Å². The van der Waals surface area contributed by atoms with Gasteiger partial charge in [0, 0.05) is 42.1 Å². The third-order valence-corrected chi connectivity index (χ3v) is 5.90. The van der Waals surface area contributed by atoms with Crippen LogP contribution < -0.4 is 10.6 Å². The van der Waals surface area contributed by atoms with Crippen LogP contribution in [0.4, 0.5) is 20.2 Å². The van der Waals surface area contributed by atoms with E-state index in [1.807, 2.05) is 0 Å². The zero-order valence-corrected chi connectivity index (χ0v) is 21.2. The molecule has 0 aliphatic rings. The molecule has 0 unspecified atom stereocenters. The van der Waals surface area contributed by atoms with Gasteiger partial charge in [0.15, 0.2) is 0 Å². The van der Waals surface area contributed by atoms with Crippen molar-refractivity contribution in [3.63, 3.8) is 0 Å². The Kier molecular flexibility index (Phi) is 6.78. The van der Waals surface area contributed by atoms with Crippen LogP contribution in [0.2, 0.25) is 5.02 Å². The van der Waals surface area contributed by atoms with Crippen molar-refractivity contribution in [3.05, 3.63) is 69.9 Å². The Morgan fingerprint density at radius 2 is 1.97 bits per heavy atom. The van der Waals surface area contributed by atoms with E-state index in [1.54, 1.807) is 19.1 Å². The van der Waals surface area contributed by atoms with E-state index in [1.165, 1.54) is 25.4 Å². The second-order valence-electron chi connectivity index (χ2n) is 9.70. The number of nitrogens with one attached hydrogen (secondary N) is 2. The molecule has 0 bridgehead atoms. The van der Waals surface area contributed by atoms with E-state index in [2.05, 4.69) is 57.8 Å². The molecule has 0 aliphatic heterocycles. The first-order valence-corrected chi connectivity index (χ1v) is 11.6. The van der Waals surface area contributed by atoms with Crippen LogP contribution in [0, 0.1) is 35.6 Å². The van der Waals surface area contributed by atoms with Gasteiger partial charge in [-0.2, -0.15) is 14.0 Å². The number of nitrogens with zero attached hydrogens (tertiary/aromatic N) is 6. The molecule has 0 spiro atoms. The summed E-state index contributed by atoms with van der Waals surface area (Å²) in [7, 11) is 1.44. The Bertz CT molecular complexity index is 1490. The molecule has 3 heterocycles. The molecule has 36 heavy (non-hydrogen) atoms. The van der Waals surface area contributed by atoms with Gasteiger partial charge in [0.25, 0.3) is 0 Å². The van der Waals surface area contributed by atoms with Crippen molar-refractivity contribution in [2.45, 2.75) is 33.7 Å². The molecule has 8 nitrogen and oxygen atoms in total. The van der Waals surface area contributed by atoms with E-state index in [0.717, 1.165) is 4.68 Å². The van der Waals surface area contributed by atoms with Crippen LogP contribution in [0.1, 0.15) is 49.3 Å². The summed E-state index contributed by atoms with van der Waals surface area (Å²) >= 11 is 6.60. The average molecular weight is 511 g/mol. The highest BCUT2D eigenvalue weighted by atomic mass is 35.5. The van der Waals surface area contributed by atoms with Gasteiger partial charge in [-0.25, -0.2) is 9.67 Å². The van der Waals surface area contributed by atoms with Crippen LogP contribution in [0.25, 0.3) is 10.9 Å². The minimum absolute atomic E-state index is 0.0141. The summed E-state index contributed by atoms with van der Waals surface area (Å²) in [5.41, 5.74) is 2.85. The van der Waals surface area contributed by atoms with Gasteiger partial charge < -0.3 is 10.6 Å². The van der Waals surface area contributed by atoms with Crippen molar-refractivity contribution in [2.75, 3.05) is 17.2 Å². The molecule has 0 fully saturated rings. The summed E-state index contributed by atoms with van der Waals surface area (Å²) in [6.07, 6.45) is 1.48. The fraction of sp³-hybridized carbons (Fsp3) is 0.320. The number of benzene rings is 1. The highest BCUT2D eigenvalue weighted by molar-refractivity contribution is 6.35. The lowest BCUT2D eigenvalue weighted by Gasteiger charge is -2.23. The molecule has 1 aromatic carbocycles. The molecule has 3 aromatic heterocycles. The molecule has 11 heteroatoms. The first-order chi connectivity index (χ1) is 17.0. The van der Waals surface area contributed by atoms with Crippen LogP contribution in [-0.2, 0) is 7.05 Å². The maximum absolute atomic E-state index is 14.9. The molecule has 0 aliphatic carbocycles. The normalized spacial score (nSPS) is 12.4. The fourth-order valence-corrected chi connectivity index (χ4v) is 4.08. The zero-order chi connectivity index (χ0) is 26.2. The number of rotatable bonds is 6. The molecular weight excluding hydrogens is 486 g/mol. The summed E-state index contributed by atoms with van der Waals surface area (Å²) in [6.45, 7) is 8.47. The molecule has 186 valence electrons. The van der Waals surface area contributed by atoms with Crippen LogP contribution in [0.5, 0.6) is 0 Å². The molecule has 0 radical (unpaired) electrons. The second kappa shape index (κ2) is 9.66. The summed E-state index contributed by atoms with van der Waals surface area (Å²) in [5, 5.41) is 25.0. The van der Waals surface area contributed by atoms with E-state index in [0.29, 0.717) is 50.7 Å². The minimum Gasteiger partial charge on any atom is -0.383 e.